The molecule has 0 amide bonds. The minimum atomic E-state index is 0.604. The SMILES string of the molecule is Cc1cn(Cc2ccc(Br)cc2)nc1N. The quantitative estimate of drug-likeness (QED) is 0.907. The van der Waals surface area contributed by atoms with Crippen LogP contribution in [0.3, 0.4) is 0 Å². The van der Waals surface area contributed by atoms with Crippen LogP contribution in [0, 0.1) is 6.92 Å². The van der Waals surface area contributed by atoms with Gasteiger partial charge in [-0.15, -0.1) is 0 Å². The topological polar surface area (TPSA) is 43.8 Å². The maximum atomic E-state index is 5.68. The van der Waals surface area contributed by atoms with Gasteiger partial charge in [-0.2, -0.15) is 5.10 Å². The molecular weight excluding hydrogens is 254 g/mol. The summed E-state index contributed by atoms with van der Waals surface area (Å²) in [5, 5.41) is 4.21. The number of nitrogens with zero attached hydrogens (tertiary/aromatic N) is 2. The zero-order chi connectivity index (χ0) is 10.8. The van der Waals surface area contributed by atoms with Gasteiger partial charge in [-0.1, -0.05) is 28.1 Å². The monoisotopic (exact) mass is 265 g/mol. The van der Waals surface area contributed by atoms with Gasteiger partial charge in [0.1, 0.15) is 5.82 Å². The predicted molar refractivity (Wildman–Crippen MR) is 64.6 cm³/mol. The first-order valence-corrected chi connectivity index (χ1v) is 5.48. The Labute approximate surface area is 97.0 Å². The van der Waals surface area contributed by atoms with Crippen molar-refractivity contribution in [2.75, 3.05) is 5.73 Å². The van der Waals surface area contributed by atoms with Crippen molar-refractivity contribution in [3.8, 4) is 0 Å². The lowest BCUT2D eigenvalue weighted by atomic mass is 10.2. The molecule has 0 aliphatic carbocycles. The van der Waals surface area contributed by atoms with Gasteiger partial charge in [0.05, 0.1) is 6.54 Å². The second-order valence-corrected chi connectivity index (χ2v) is 4.44. The molecule has 0 atom stereocenters. The molecule has 0 saturated heterocycles. The number of aryl methyl sites for hydroxylation is 1. The average molecular weight is 266 g/mol. The molecule has 0 spiro atoms. The molecule has 0 aliphatic rings. The maximum Gasteiger partial charge on any atom is 0.148 e. The highest BCUT2D eigenvalue weighted by Gasteiger charge is 2.01. The van der Waals surface area contributed by atoms with Crippen molar-refractivity contribution >= 4 is 21.7 Å². The smallest absolute Gasteiger partial charge is 0.148 e. The van der Waals surface area contributed by atoms with Gasteiger partial charge < -0.3 is 5.73 Å². The highest BCUT2D eigenvalue weighted by Crippen LogP contribution is 2.13. The number of anilines is 1. The van der Waals surface area contributed by atoms with Crippen LogP contribution in [-0.4, -0.2) is 9.78 Å². The Balaban J connectivity index is 2.18. The first-order valence-electron chi connectivity index (χ1n) is 4.69. The number of benzene rings is 1. The van der Waals surface area contributed by atoms with E-state index in [9.17, 15) is 0 Å². The molecule has 2 N–H and O–H groups in total. The number of nitrogen functional groups attached to an aromatic ring is 1. The Bertz CT molecular complexity index is 440. The van der Waals surface area contributed by atoms with Crippen LogP contribution < -0.4 is 5.73 Å². The molecular formula is C11H12BrN3. The number of rotatable bonds is 2. The van der Waals surface area contributed by atoms with Gasteiger partial charge in [0.15, 0.2) is 0 Å². The minimum Gasteiger partial charge on any atom is -0.382 e. The molecule has 0 fully saturated rings. The van der Waals surface area contributed by atoms with Crippen molar-refractivity contribution in [1.82, 2.24) is 9.78 Å². The van der Waals surface area contributed by atoms with E-state index in [0.29, 0.717) is 5.82 Å². The van der Waals surface area contributed by atoms with E-state index >= 15 is 0 Å². The minimum absolute atomic E-state index is 0.604. The fourth-order valence-electron chi connectivity index (χ4n) is 1.39. The van der Waals surface area contributed by atoms with Crippen LogP contribution in [0.1, 0.15) is 11.1 Å². The highest BCUT2D eigenvalue weighted by atomic mass is 79.9. The first-order chi connectivity index (χ1) is 7.15. The van der Waals surface area contributed by atoms with Crippen molar-refractivity contribution in [3.63, 3.8) is 0 Å². The van der Waals surface area contributed by atoms with Crippen LogP contribution in [0.2, 0.25) is 0 Å². The van der Waals surface area contributed by atoms with E-state index in [0.717, 1.165) is 16.6 Å². The molecule has 1 aromatic carbocycles. The average Bonchev–Trinajstić information content (AvgIpc) is 2.50. The van der Waals surface area contributed by atoms with Gasteiger partial charge in [0.2, 0.25) is 0 Å². The molecule has 0 saturated carbocycles. The second kappa shape index (κ2) is 4.06. The van der Waals surface area contributed by atoms with E-state index in [1.54, 1.807) is 0 Å². The molecule has 2 rings (SSSR count). The van der Waals surface area contributed by atoms with E-state index in [2.05, 4.69) is 33.2 Å². The summed E-state index contributed by atoms with van der Waals surface area (Å²) in [6.45, 7) is 2.71. The van der Waals surface area contributed by atoms with Gasteiger partial charge in [0.25, 0.3) is 0 Å². The fraction of sp³-hybridized carbons (Fsp3) is 0.182. The van der Waals surface area contributed by atoms with Crippen LogP contribution in [-0.2, 0) is 6.54 Å². The fourth-order valence-corrected chi connectivity index (χ4v) is 1.66. The lowest BCUT2D eigenvalue weighted by molar-refractivity contribution is 0.689. The zero-order valence-corrected chi connectivity index (χ0v) is 10.0. The van der Waals surface area contributed by atoms with Crippen molar-refractivity contribution in [2.45, 2.75) is 13.5 Å². The number of halogens is 1. The summed E-state index contributed by atoms with van der Waals surface area (Å²) in [7, 11) is 0. The predicted octanol–water partition coefficient (Wildman–Crippen LogP) is 2.58. The van der Waals surface area contributed by atoms with Gasteiger partial charge in [-0.25, -0.2) is 0 Å². The second-order valence-electron chi connectivity index (χ2n) is 3.52. The Morgan fingerprint density at radius 1 is 1.33 bits per heavy atom. The van der Waals surface area contributed by atoms with Gasteiger partial charge in [0, 0.05) is 16.2 Å². The van der Waals surface area contributed by atoms with E-state index < -0.39 is 0 Å². The third kappa shape index (κ3) is 2.39. The molecule has 0 radical (unpaired) electrons. The summed E-state index contributed by atoms with van der Waals surface area (Å²) < 4.78 is 2.94. The molecule has 0 unspecified atom stereocenters. The Kier molecular flexibility index (Phi) is 2.77. The summed E-state index contributed by atoms with van der Waals surface area (Å²) in [5.74, 6) is 0.604. The lowest BCUT2D eigenvalue weighted by Crippen LogP contribution is -2.00. The Hall–Kier alpha value is -1.29. The van der Waals surface area contributed by atoms with Crippen LogP contribution in [0.5, 0.6) is 0 Å². The summed E-state index contributed by atoms with van der Waals surface area (Å²) >= 11 is 3.40. The third-order valence-electron chi connectivity index (χ3n) is 2.24. The summed E-state index contributed by atoms with van der Waals surface area (Å²) in [6.07, 6.45) is 1.96. The lowest BCUT2D eigenvalue weighted by Gasteiger charge is -2.01. The highest BCUT2D eigenvalue weighted by molar-refractivity contribution is 9.10. The number of hydrogen-bond donors (Lipinski definition) is 1. The summed E-state index contributed by atoms with van der Waals surface area (Å²) in [5.41, 5.74) is 7.91. The van der Waals surface area contributed by atoms with Crippen molar-refractivity contribution < 1.29 is 0 Å². The van der Waals surface area contributed by atoms with Gasteiger partial charge in [-0.3, -0.25) is 4.68 Å². The van der Waals surface area contributed by atoms with Gasteiger partial charge >= 0.3 is 0 Å². The van der Waals surface area contributed by atoms with E-state index in [1.165, 1.54) is 5.56 Å². The summed E-state index contributed by atoms with van der Waals surface area (Å²) in [4.78, 5) is 0. The molecule has 3 nitrogen and oxygen atoms in total. The van der Waals surface area contributed by atoms with Crippen molar-refractivity contribution in [3.05, 3.63) is 46.1 Å². The van der Waals surface area contributed by atoms with Crippen molar-refractivity contribution in [2.24, 2.45) is 0 Å². The standard InChI is InChI=1S/C11H12BrN3/c1-8-6-15(14-11(8)13)7-9-2-4-10(12)5-3-9/h2-6H,7H2,1H3,(H2,13,14). The summed E-state index contributed by atoms with van der Waals surface area (Å²) in [6, 6.07) is 8.18. The van der Waals surface area contributed by atoms with Crippen molar-refractivity contribution in [1.29, 1.82) is 0 Å². The zero-order valence-electron chi connectivity index (χ0n) is 8.44. The molecule has 1 heterocycles. The van der Waals surface area contributed by atoms with Crippen LogP contribution in [0.25, 0.3) is 0 Å². The number of aromatic nitrogens is 2. The Morgan fingerprint density at radius 2 is 2.00 bits per heavy atom. The molecule has 78 valence electrons. The maximum absolute atomic E-state index is 5.68. The van der Waals surface area contributed by atoms with Crippen LogP contribution in [0.15, 0.2) is 34.9 Å². The molecule has 0 aliphatic heterocycles. The molecule has 1 aromatic heterocycles. The van der Waals surface area contributed by atoms with E-state index in [1.807, 2.05) is 29.9 Å². The van der Waals surface area contributed by atoms with E-state index in [4.69, 9.17) is 5.73 Å². The molecule has 0 bridgehead atoms. The Morgan fingerprint density at radius 3 is 2.53 bits per heavy atom. The third-order valence-corrected chi connectivity index (χ3v) is 2.77. The van der Waals surface area contributed by atoms with Crippen LogP contribution >= 0.6 is 15.9 Å². The van der Waals surface area contributed by atoms with E-state index in [-0.39, 0.29) is 0 Å². The number of hydrogen-bond acceptors (Lipinski definition) is 2. The molecule has 2 aromatic rings. The normalized spacial score (nSPS) is 10.5. The van der Waals surface area contributed by atoms with Crippen LogP contribution in [0.4, 0.5) is 5.82 Å². The molecule has 15 heavy (non-hydrogen) atoms. The largest absolute Gasteiger partial charge is 0.382 e. The van der Waals surface area contributed by atoms with Gasteiger partial charge in [-0.05, 0) is 24.6 Å². The molecule has 4 heteroatoms. The number of nitrogens with two attached hydrogens (primary N) is 1. The first kappa shape index (κ1) is 10.2.